The molecule has 3 aromatic rings. The lowest BCUT2D eigenvalue weighted by Crippen LogP contribution is -2.13. The Bertz CT molecular complexity index is 1230. The number of aliphatic hydroxyl groups is 1. The molecule has 1 atom stereocenters. The maximum atomic E-state index is 12.0. The number of fused-ring (bicyclic) bond motifs is 1. The van der Waals surface area contributed by atoms with Gasteiger partial charge in [-0.05, 0) is 49.2 Å². The summed E-state index contributed by atoms with van der Waals surface area (Å²) >= 11 is 0. The zero-order valence-corrected chi connectivity index (χ0v) is 17.7. The average Bonchev–Trinajstić information content (AvgIpc) is 3.23. The number of esters is 1. The molecule has 32 heavy (non-hydrogen) atoms. The first kappa shape index (κ1) is 21.5. The van der Waals surface area contributed by atoms with Gasteiger partial charge in [-0.25, -0.2) is 0 Å². The molecule has 166 valence electrons. The third-order valence-electron chi connectivity index (χ3n) is 5.11. The Morgan fingerprint density at radius 2 is 2.03 bits per heavy atom. The zero-order chi connectivity index (χ0) is 22.8. The summed E-state index contributed by atoms with van der Waals surface area (Å²) < 4.78 is 17.8. The molecule has 0 radical (unpaired) electrons. The zero-order valence-electron chi connectivity index (χ0n) is 17.7. The maximum absolute atomic E-state index is 12.0. The van der Waals surface area contributed by atoms with Crippen LogP contribution in [-0.4, -0.2) is 34.1 Å². The number of hydrogen-bond acceptors (Lipinski definition) is 7. The van der Waals surface area contributed by atoms with E-state index in [4.69, 9.17) is 14.2 Å². The van der Waals surface area contributed by atoms with Crippen molar-refractivity contribution in [1.29, 1.82) is 0 Å². The van der Waals surface area contributed by atoms with Crippen molar-refractivity contribution >= 4 is 5.97 Å². The summed E-state index contributed by atoms with van der Waals surface area (Å²) in [6.07, 6.45) is 0.447. The number of carbonyl (C=O) groups is 1. The summed E-state index contributed by atoms with van der Waals surface area (Å²) in [5, 5.41) is 20.1. The largest absolute Gasteiger partial charge is 0.503 e. The van der Waals surface area contributed by atoms with Gasteiger partial charge in [0.15, 0.2) is 17.2 Å². The quantitative estimate of drug-likeness (QED) is 0.571. The molecule has 1 aromatic heterocycles. The van der Waals surface area contributed by atoms with Crippen LogP contribution in [0, 0.1) is 0 Å². The van der Waals surface area contributed by atoms with Crippen molar-refractivity contribution in [3.05, 3.63) is 70.1 Å². The van der Waals surface area contributed by atoms with E-state index in [-0.39, 0.29) is 19.2 Å². The Morgan fingerprint density at radius 3 is 2.78 bits per heavy atom. The molecule has 0 fully saturated rings. The van der Waals surface area contributed by atoms with Crippen LogP contribution in [0.25, 0.3) is 16.8 Å². The molecule has 2 aromatic carbocycles. The van der Waals surface area contributed by atoms with Crippen molar-refractivity contribution in [2.24, 2.45) is 0 Å². The number of carbonyl (C=O) groups excluding carboxylic acids is 1. The van der Waals surface area contributed by atoms with Crippen molar-refractivity contribution in [3.63, 3.8) is 0 Å². The van der Waals surface area contributed by atoms with Crippen LogP contribution in [-0.2, 0) is 16.0 Å². The van der Waals surface area contributed by atoms with Gasteiger partial charge in [-0.2, -0.15) is 0 Å². The second-order valence-corrected chi connectivity index (χ2v) is 7.40. The molecule has 0 saturated heterocycles. The summed E-state index contributed by atoms with van der Waals surface area (Å²) in [7, 11) is 0. The predicted octanol–water partition coefficient (Wildman–Crippen LogP) is 3.10. The number of hydrogen-bond donors (Lipinski definition) is 2. The Labute approximate surface area is 184 Å². The van der Waals surface area contributed by atoms with E-state index >= 15 is 0 Å². The van der Waals surface area contributed by atoms with Crippen LogP contribution in [0.5, 0.6) is 17.2 Å². The van der Waals surface area contributed by atoms with Gasteiger partial charge in [0.25, 0.3) is 0 Å². The Kier molecular flexibility index (Phi) is 5.87. The van der Waals surface area contributed by atoms with E-state index in [1.807, 2.05) is 24.3 Å². The fourth-order valence-electron chi connectivity index (χ4n) is 3.67. The molecule has 8 heteroatoms. The number of rotatable bonds is 6. The van der Waals surface area contributed by atoms with Crippen LogP contribution in [0.2, 0.25) is 0 Å². The van der Waals surface area contributed by atoms with Crippen molar-refractivity contribution in [2.45, 2.75) is 26.4 Å². The van der Waals surface area contributed by atoms with Crippen LogP contribution < -0.4 is 14.9 Å². The average molecular weight is 437 g/mol. The molecule has 0 aliphatic carbocycles. The van der Waals surface area contributed by atoms with Gasteiger partial charge in [0.2, 0.25) is 12.2 Å². The van der Waals surface area contributed by atoms with Crippen LogP contribution in [0.1, 0.15) is 31.2 Å². The molecule has 0 amide bonds. The van der Waals surface area contributed by atoms with E-state index in [9.17, 15) is 19.8 Å². The fourth-order valence-corrected chi connectivity index (χ4v) is 3.67. The van der Waals surface area contributed by atoms with Crippen molar-refractivity contribution < 1.29 is 29.2 Å². The van der Waals surface area contributed by atoms with Crippen molar-refractivity contribution in [2.75, 3.05) is 13.4 Å². The second kappa shape index (κ2) is 8.76. The standard InChI is InChI=1S/C24H23NO7/c1-3-30-23(29)9-15-7-18(24-22(8-15)31-13-32-24)16-5-4-6-17(10-16)25-12-21(28)20(27)11-19(25)14(2)26/h4-8,10-12,14,26,28H,3,9,13H2,1-2H3. The van der Waals surface area contributed by atoms with E-state index in [1.165, 1.54) is 12.3 Å². The predicted molar refractivity (Wildman–Crippen MR) is 116 cm³/mol. The topological polar surface area (TPSA) is 107 Å². The monoisotopic (exact) mass is 437 g/mol. The first-order valence-corrected chi connectivity index (χ1v) is 10.2. The lowest BCUT2D eigenvalue weighted by atomic mass is 9.99. The Morgan fingerprint density at radius 1 is 1.22 bits per heavy atom. The van der Waals surface area contributed by atoms with Gasteiger partial charge in [-0.15, -0.1) is 0 Å². The molecule has 0 saturated carbocycles. The summed E-state index contributed by atoms with van der Waals surface area (Å²) in [4.78, 5) is 23.9. The van der Waals surface area contributed by atoms with Crippen LogP contribution in [0.4, 0.5) is 0 Å². The lowest BCUT2D eigenvalue weighted by Gasteiger charge is -2.17. The number of nitrogens with zero attached hydrogens (tertiary/aromatic N) is 1. The van der Waals surface area contributed by atoms with Crippen LogP contribution in [0.15, 0.2) is 53.5 Å². The molecule has 1 unspecified atom stereocenters. The van der Waals surface area contributed by atoms with Crippen LogP contribution in [0.3, 0.4) is 0 Å². The first-order chi connectivity index (χ1) is 15.4. The van der Waals surface area contributed by atoms with Gasteiger partial charge in [-0.3, -0.25) is 9.59 Å². The second-order valence-electron chi connectivity index (χ2n) is 7.40. The Hall–Kier alpha value is -3.78. The van der Waals surface area contributed by atoms with Gasteiger partial charge in [0.1, 0.15) is 0 Å². The Balaban J connectivity index is 1.81. The van der Waals surface area contributed by atoms with Gasteiger partial charge < -0.3 is 29.0 Å². The van der Waals surface area contributed by atoms with Crippen molar-refractivity contribution in [3.8, 4) is 34.1 Å². The van der Waals surface area contributed by atoms with E-state index in [1.54, 1.807) is 30.5 Å². The fraction of sp³-hybridized carbons (Fsp3) is 0.250. The number of aromatic hydroxyl groups is 1. The molecule has 4 rings (SSSR count). The number of pyridine rings is 1. The minimum atomic E-state index is -0.930. The highest BCUT2D eigenvalue weighted by Crippen LogP contribution is 2.43. The molecule has 0 spiro atoms. The first-order valence-electron chi connectivity index (χ1n) is 10.2. The van der Waals surface area contributed by atoms with Gasteiger partial charge in [0, 0.05) is 17.3 Å². The maximum Gasteiger partial charge on any atom is 0.310 e. The number of ether oxygens (including phenoxy) is 3. The third-order valence-corrected chi connectivity index (χ3v) is 5.11. The molecular formula is C24H23NO7. The summed E-state index contributed by atoms with van der Waals surface area (Å²) in [6, 6.07) is 12.1. The smallest absolute Gasteiger partial charge is 0.310 e. The molecule has 0 bridgehead atoms. The van der Waals surface area contributed by atoms with E-state index < -0.39 is 17.3 Å². The van der Waals surface area contributed by atoms with E-state index in [2.05, 4.69) is 0 Å². The molecule has 2 heterocycles. The number of benzene rings is 2. The molecule has 2 N–H and O–H groups in total. The highest BCUT2D eigenvalue weighted by Gasteiger charge is 2.22. The third kappa shape index (κ3) is 4.17. The summed E-state index contributed by atoms with van der Waals surface area (Å²) in [5.74, 6) is 0.344. The van der Waals surface area contributed by atoms with Gasteiger partial charge >= 0.3 is 5.97 Å². The van der Waals surface area contributed by atoms with E-state index in [0.717, 1.165) is 16.7 Å². The molecular weight excluding hydrogens is 414 g/mol. The minimum Gasteiger partial charge on any atom is -0.503 e. The van der Waals surface area contributed by atoms with Gasteiger partial charge in [-0.1, -0.05) is 12.1 Å². The SMILES string of the molecule is CCOC(=O)Cc1cc2c(c(-c3cccc(-n4cc(O)c(=O)cc4C(C)O)c3)c1)OCO2. The number of aromatic nitrogens is 1. The summed E-state index contributed by atoms with van der Waals surface area (Å²) in [6.45, 7) is 3.68. The van der Waals surface area contributed by atoms with E-state index in [0.29, 0.717) is 29.5 Å². The van der Waals surface area contributed by atoms with Gasteiger partial charge in [0.05, 0.1) is 31.0 Å². The molecule has 1 aliphatic rings. The highest BCUT2D eigenvalue weighted by molar-refractivity contribution is 5.79. The highest BCUT2D eigenvalue weighted by atomic mass is 16.7. The number of aliphatic hydroxyl groups excluding tert-OH is 1. The molecule has 8 nitrogen and oxygen atoms in total. The molecule has 1 aliphatic heterocycles. The summed E-state index contributed by atoms with van der Waals surface area (Å²) in [5.41, 5.74) is 2.61. The minimum absolute atomic E-state index is 0.0741. The lowest BCUT2D eigenvalue weighted by molar-refractivity contribution is -0.142. The normalized spacial score (nSPS) is 13.1. The van der Waals surface area contributed by atoms with Crippen LogP contribution >= 0.6 is 0 Å². The van der Waals surface area contributed by atoms with Crippen molar-refractivity contribution in [1.82, 2.24) is 4.57 Å².